The number of nitrogens with one attached hydrogen (secondary N) is 1. The molecule has 17 heavy (non-hydrogen) atoms. The Kier molecular flexibility index (Phi) is 6.16. The monoisotopic (exact) mass is 275 g/mol. The van der Waals surface area contributed by atoms with Gasteiger partial charge in [0, 0.05) is 18.0 Å². The van der Waals surface area contributed by atoms with Crippen LogP contribution in [0.5, 0.6) is 0 Å². The SMILES string of the molecule is CCC(C)CS(=O)(=O)CCNCc1cccs1. The molecule has 0 fully saturated rings. The molecule has 1 aromatic rings. The van der Waals surface area contributed by atoms with Gasteiger partial charge in [-0.2, -0.15) is 0 Å². The van der Waals surface area contributed by atoms with E-state index < -0.39 is 9.84 Å². The van der Waals surface area contributed by atoms with E-state index in [1.807, 2.05) is 31.4 Å². The van der Waals surface area contributed by atoms with Gasteiger partial charge in [-0.05, 0) is 17.4 Å². The number of hydrogen-bond donors (Lipinski definition) is 1. The molecule has 1 N–H and O–H groups in total. The lowest BCUT2D eigenvalue weighted by molar-refractivity contribution is 0.561. The molecule has 0 aliphatic rings. The van der Waals surface area contributed by atoms with Crippen molar-refractivity contribution < 1.29 is 8.42 Å². The summed E-state index contributed by atoms with van der Waals surface area (Å²) in [5.74, 6) is 0.810. The summed E-state index contributed by atoms with van der Waals surface area (Å²) >= 11 is 1.68. The van der Waals surface area contributed by atoms with Crippen LogP contribution in [0.4, 0.5) is 0 Å². The van der Waals surface area contributed by atoms with E-state index in [1.54, 1.807) is 11.3 Å². The quantitative estimate of drug-likeness (QED) is 0.741. The van der Waals surface area contributed by atoms with Crippen molar-refractivity contribution in [2.45, 2.75) is 26.8 Å². The van der Waals surface area contributed by atoms with Crippen molar-refractivity contribution >= 4 is 21.2 Å². The van der Waals surface area contributed by atoms with Crippen LogP contribution in [0.15, 0.2) is 17.5 Å². The highest BCUT2D eigenvalue weighted by molar-refractivity contribution is 7.91. The fourth-order valence-corrected chi connectivity index (χ4v) is 3.89. The minimum atomic E-state index is -2.89. The normalized spacial score (nSPS) is 13.8. The minimum absolute atomic E-state index is 0.239. The fourth-order valence-electron chi connectivity index (χ4n) is 1.49. The van der Waals surface area contributed by atoms with E-state index in [1.165, 1.54) is 4.88 Å². The molecule has 0 bridgehead atoms. The Morgan fingerprint density at radius 2 is 2.24 bits per heavy atom. The third-order valence-electron chi connectivity index (χ3n) is 2.70. The van der Waals surface area contributed by atoms with Crippen molar-refractivity contribution in [3.8, 4) is 0 Å². The Labute approximate surface area is 108 Å². The van der Waals surface area contributed by atoms with Gasteiger partial charge < -0.3 is 5.32 Å². The van der Waals surface area contributed by atoms with Crippen molar-refractivity contribution in [1.82, 2.24) is 5.32 Å². The summed E-state index contributed by atoms with van der Waals surface area (Å²) in [6.45, 7) is 5.30. The van der Waals surface area contributed by atoms with E-state index in [9.17, 15) is 8.42 Å². The van der Waals surface area contributed by atoms with Crippen LogP contribution >= 0.6 is 11.3 Å². The van der Waals surface area contributed by atoms with Crippen LogP contribution in [-0.4, -0.2) is 26.5 Å². The van der Waals surface area contributed by atoms with Gasteiger partial charge in [0.1, 0.15) is 0 Å². The molecule has 3 nitrogen and oxygen atoms in total. The molecule has 0 saturated heterocycles. The Morgan fingerprint density at radius 1 is 1.47 bits per heavy atom. The zero-order valence-corrected chi connectivity index (χ0v) is 12.1. The van der Waals surface area contributed by atoms with Gasteiger partial charge in [0.2, 0.25) is 0 Å². The van der Waals surface area contributed by atoms with Crippen LogP contribution in [-0.2, 0) is 16.4 Å². The van der Waals surface area contributed by atoms with E-state index in [-0.39, 0.29) is 11.7 Å². The fraction of sp³-hybridized carbons (Fsp3) is 0.667. The molecule has 1 aromatic heterocycles. The lowest BCUT2D eigenvalue weighted by atomic mass is 10.2. The number of thiophene rings is 1. The van der Waals surface area contributed by atoms with Crippen LogP contribution in [0.3, 0.4) is 0 Å². The van der Waals surface area contributed by atoms with Crippen molar-refractivity contribution in [3.63, 3.8) is 0 Å². The van der Waals surface area contributed by atoms with Crippen LogP contribution in [0.1, 0.15) is 25.1 Å². The molecule has 0 aliphatic heterocycles. The molecular weight excluding hydrogens is 254 g/mol. The molecule has 0 spiro atoms. The summed E-state index contributed by atoms with van der Waals surface area (Å²) in [7, 11) is -2.89. The summed E-state index contributed by atoms with van der Waals surface area (Å²) in [5.41, 5.74) is 0. The van der Waals surface area contributed by atoms with Gasteiger partial charge in [0.25, 0.3) is 0 Å². The van der Waals surface area contributed by atoms with Crippen molar-refractivity contribution in [1.29, 1.82) is 0 Å². The molecule has 0 saturated carbocycles. The van der Waals surface area contributed by atoms with E-state index in [0.717, 1.165) is 13.0 Å². The molecule has 1 heterocycles. The minimum Gasteiger partial charge on any atom is -0.311 e. The van der Waals surface area contributed by atoms with Crippen LogP contribution in [0.2, 0.25) is 0 Å². The highest BCUT2D eigenvalue weighted by Gasteiger charge is 2.14. The third-order valence-corrected chi connectivity index (χ3v) is 5.48. The lowest BCUT2D eigenvalue weighted by Crippen LogP contribution is -2.25. The maximum Gasteiger partial charge on any atom is 0.151 e. The molecule has 1 unspecified atom stereocenters. The van der Waals surface area contributed by atoms with E-state index in [0.29, 0.717) is 12.3 Å². The van der Waals surface area contributed by atoms with Crippen molar-refractivity contribution in [2.75, 3.05) is 18.1 Å². The highest BCUT2D eigenvalue weighted by atomic mass is 32.2. The molecule has 0 aliphatic carbocycles. The van der Waals surface area contributed by atoms with Gasteiger partial charge in [-0.3, -0.25) is 0 Å². The first kappa shape index (κ1) is 14.7. The van der Waals surface area contributed by atoms with Crippen molar-refractivity contribution in [3.05, 3.63) is 22.4 Å². The molecule has 1 rings (SSSR count). The summed E-state index contributed by atoms with van der Waals surface area (Å²) in [6.07, 6.45) is 0.919. The predicted octanol–water partition coefficient (Wildman–Crippen LogP) is 2.30. The second-order valence-electron chi connectivity index (χ2n) is 4.38. The first-order valence-corrected chi connectivity index (χ1v) is 8.67. The van der Waals surface area contributed by atoms with Crippen molar-refractivity contribution in [2.24, 2.45) is 5.92 Å². The van der Waals surface area contributed by atoms with Crippen LogP contribution in [0, 0.1) is 5.92 Å². The molecular formula is C12H21NO2S2. The predicted molar refractivity (Wildman–Crippen MR) is 74.1 cm³/mol. The maximum atomic E-state index is 11.7. The van der Waals surface area contributed by atoms with Gasteiger partial charge in [-0.25, -0.2) is 8.42 Å². The smallest absolute Gasteiger partial charge is 0.151 e. The average Bonchev–Trinajstić information content (AvgIpc) is 2.76. The number of hydrogen-bond acceptors (Lipinski definition) is 4. The molecule has 1 atom stereocenters. The van der Waals surface area contributed by atoms with Gasteiger partial charge in [-0.15, -0.1) is 11.3 Å². The average molecular weight is 275 g/mol. The first-order chi connectivity index (χ1) is 8.03. The number of sulfone groups is 1. The second-order valence-corrected chi connectivity index (χ2v) is 7.64. The lowest BCUT2D eigenvalue weighted by Gasteiger charge is -2.09. The Bertz CT molecular complexity index is 398. The maximum absolute atomic E-state index is 11.7. The number of rotatable bonds is 8. The van der Waals surface area contributed by atoms with E-state index >= 15 is 0 Å². The first-order valence-electron chi connectivity index (χ1n) is 5.97. The van der Waals surface area contributed by atoms with E-state index in [4.69, 9.17) is 0 Å². The molecule has 0 aromatic carbocycles. The molecule has 0 radical (unpaired) electrons. The Balaban J connectivity index is 2.21. The zero-order valence-electron chi connectivity index (χ0n) is 10.5. The van der Waals surface area contributed by atoms with Gasteiger partial charge >= 0.3 is 0 Å². The standard InChI is InChI=1S/C12H21NO2S2/c1-3-11(2)10-17(14,15)8-6-13-9-12-5-4-7-16-12/h4-5,7,11,13H,3,6,8-10H2,1-2H3. The summed E-state index contributed by atoms with van der Waals surface area (Å²) in [4.78, 5) is 1.24. The topological polar surface area (TPSA) is 46.2 Å². The summed E-state index contributed by atoms with van der Waals surface area (Å²) in [6, 6.07) is 4.05. The summed E-state index contributed by atoms with van der Waals surface area (Å²) in [5, 5.41) is 5.19. The van der Waals surface area contributed by atoms with E-state index in [2.05, 4.69) is 5.32 Å². The molecule has 98 valence electrons. The highest BCUT2D eigenvalue weighted by Crippen LogP contribution is 2.08. The second kappa shape index (κ2) is 7.13. The zero-order chi connectivity index (χ0) is 12.7. The van der Waals surface area contributed by atoms with Gasteiger partial charge in [0.15, 0.2) is 9.84 Å². The Morgan fingerprint density at radius 3 is 2.82 bits per heavy atom. The summed E-state index contributed by atoms with van der Waals surface area (Å²) < 4.78 is 23.4. The third kappa shape index (κ3) is 6.19. The van der Waals surface area contributed by atoms with Crippen LogP contribution < -0.4 is 5.32 Å². The molecule has 0 amide bonds. The molecule has 5 heteroatoms. The van der Waals surface area contributed by atoms with Gasteiger partial charge in [0.05, 0.1) is 11.5 Å². The van der Waals surface area contributed by atoms with Crippen LogP contribution in [0.25, 0.3) is 0 Å². The van der Waals surface area contributed by atoms with Gasteiger partial charge in [-0.1, -0.05) is 26.3 Å². The largest absolute Gasteiger partial charge is 0.311 e. The Hall–Kier alpha value is -0.390.